The zero-order valence-electron chi connectivity index (χ0n) is 18.0. The number of hydrogen-bond donors (Lipinski definition) is 0. The maximum absolute atomic E-state index is 13.1. The Bertz CT molecular complexity index is 1270. The van der Waals surface area contributed by atoms with E-state index in [0.717, 1.165) is 45.8 Å². The Balaban J connectivity index is 1.57. The van der Waals surface area contributed by atoms with E-state index < -0.39 is 11.7 Å². The molecule has 3 heterocycles. The molecule has 3 aromatic heterocycles. The van der Waals surface area contributed by atoms with Crippen molar-refractivity contribution in [3.05, 3.63) is 55.0 Å². The summed E-state index contributed by atoms with van der Waals surface area (Å²) in [5, 5.41) is 1.87. The molecule has 5 rings (SSSR count). The van der Waals surface area contributed by atoms with Gasteiger partial charge in [0.15, 0.2) is 0 Å². The molecule has 0 N–H and O–H groups in total. The molecule has 0 atom stereocenters. The summed E-state index contributed by atoms with van der Waals surface area (Å²) in [6.07, 6.45) is 8.61. The van der Waals surface area contributed by atoms with Crippen molar-refractivity contribution in [3.8, 4) is 17.0 Å². The Morgan fingerprint density at radius 1 is 1.00 bits per heavy atom. The molecule has 31 heavy (non-hydrogen) atoms. The van der Waals surface area contributed by atoms with Crippen LogP contribution in [0.3, 0.4) is 0 Å². The number of nitrogens with zero attached hydrogens (tertiary/aromatic N) is 3. The van der Waals surface area contributed by atoms with Gasteiger partial charge in [-0.1, -0.05) is 12.1 Å². The number of pyridine rings is 2. The third kappa shape index (κ3) is 3.74. The van der Waals surface area contributed by atoms with Crippen molar-refractivity contribution in [2.45, 2.75) is 51.7 Å². The van der Waals surface area contributed by atoms with Crippen LogP contribution in [0.2, 0.25) is 0 Å². The Kier molecular flexibility index (Phi) is 4.65. The van der Waals surface area contributed by atoms with Gasteiger partial charge in [0.2, 0.25) is 5.88 Å². The summed E-state index contributed by atoms with van der Waals surface area (Å²) in [7, 11) is 0. The first-order chi connectivity index (χ1) is 14.9. The van der Waals surface area contributed by atoms with Crippen molar-refractivity contribution < 1.29 is 14.3 Å². The van der Waals surface area contributed by atoms with Gasteiger partial charge in [0.1, 0.15) is 11.7 Å². The van der Waals surface area contributed by atoms with Crippen LogP contribution in [-0.2, 0) is 4.74 Å². The number of carbonyl (C=O) groups excluding carboxylic acids is 1. The van der Waals surface area contributed by atoms with E-state index in [-0.39, 0.29) is 0 Å². The van der Waals surface area contributed by atoms with E-state index >= 15 is 0 Å². The number of carbonyl (C=O) groups is 1. The molecule has 1 aliphatic carbocycles. The summed E-state index contributed by atoms with van der Waals surface area (Å²) in [5.74, 6) is 0.656. The van der Waals surface area contributed by atoms with Gasteiger partial charge < -0.3 is 9.47 Å². The summed E-state index contributed by atoms with van der Waals surface area (Å²) >= 11 is 0. The van der Waals surface area contributed by atoms with E-state index in [2.05, 4.69) is 9.97 Å². The zero-order chi connectivity index (χ0) is 21.6. The smallest absolute Gasteiger partial charge is 0.419 e. The first-order valence-corrected chi connectivity index (χ1v) is 10.6. The Hall–Kier alpha value is -3.41. The SMILES string of the molecule is CC(C)(C)OC(=O)n1c2ccncc2c2ccc(-c3ccc(OC4CCC4)nc3)cc21. The van der Waals surface area contributed by atoms with Crippen LogP contribution in [0.15, 0.2) is 55.0 Å². The fourth-order valence-electron chi connectivity index (χ4n) is 3.83. The molecular weight excluding hydrogens is 390 g/mol. The van der Waals surface area contributed by atoms with Crippen molar-refractivity contribution in [2.24, 2.45) is 0 Å². The van der Waals surface area contributed by atoms with E-state index in [1.165, 1.54) is 6.42 Å². The fourth-order valence-corrected chi connectivity index (χ4v) is 3.83. The third-order valence-corrected chi connectivity index (χ3v) is 5.55. The molecule has 4 aromatic rings. The minimum absolute atomic E-state index is 0.299. The number of fused-ring (bicyclic) bond motifs is 3. The second-order valence-electron chi connectivity index (χ2n) is 9.00. The number of ether oxygens (including phenoxy) is 2. The molecule has 0 unspecified atom stereocenters. The summed E-state index contributed by atoms with van der Waals surface area (Å²) in [4.78, 5) is 21.8. The van der Waals surface area contributed by atoms with Gasteiger partial charge in [-0.3, -0.25) is 4.98 Å². The van der Waals surface area contributed by atoms with Gasteiger partial charge in [-0.05, 0) is 63.8 Å². The fraction of sp³-hybridized carbons (Fsp3) is 0.320. The second-order valence-corrected chi connectivity index (χ2v) is 9.00. The first-order valence-electron chi connectivity index (χ1n) is 10.6. The van der Waals surface area contributed by atoms with Gasteiger partial charge in [0.25, 0.3) is 0 Å². The lowest BCUT2D eigenvalue weighted by Gasteiger charge is -2.25. The van der Waals surface area contributed by atoms with Crippen molar-refractivity contribution in [1.29, 1.82) is 0 Å². The van der Waals surface area contributed by atoms with E-state index in [0.29, 0.717) is 12.0 Å². The maximum Gasteiger partial charge on any atom is 0.419 e. The molecule has 6 nitrogen and oxygen atoms in total. The quantitative estimate of drug-likeness (QED) is 0.413. The minimum Gasteiger partial charge on any atom is -0.474 e. The van der Waals surface area contributed by atoms with Crippen molar-refractivity contribution in [1.82, 2.24) is 14.5 Å². The van der Waals surface area contributed by atoms with Crippen LogP contribution in [0.25, 0.3) is 32.9 Å². The monoisotopic (exact) mass is 415 g/mol. The Labute approximate surface area is 180 Å². The highest BCUT2D eigenvalue weighted by atomic mass is 16.6. The molecule has 0 radical (unpaired) electrons. The van der Waals surface area contributed by atoms with Crippen LogP contribution < -0.4 is 4.74 Å². The van der Waals surface area contributed by atoms with Crippen LogP contribution in [0.4, 0.5) is 4.79 Å². The molecule has 0 spiro atoms. The zero-order valence-corrected chi connectivity index (χ0v) is 18.0. The standard InChI is InChI=1S/C25H25N3O3/c1-25(2,3)31-24(29)28-21-11-12-26-15-20(21)19-9-7-16(13-22(19)28)17-8-10-23(27-14-17)30-18-5-4-6-18/h7-15,18H,4-6H2,1-3H3. The van der Waals surface area contributed by atoms with E-state index in [1.54, 1.807) is 17.0 Å². The van der Waals surface area contributed by atoms with E-state index in [9.17, 15) is 4.79 Å². The topological polar surface area (TPSA) is 66.2 Å². The molecule has 1 saturated carbocycles. The number of aromatic nitrogens is 3. The van der Waals surface area contributed by atoms with Gasteiger partial charge in [-0.2, -0.15) is 0 Å². The van der Waals surface area contributed by atoms with E-state index in [1.807, 2.05) is 63.4 Å². The van der Waals surface area contributed by atoms with Crippen molar-refractivity contribution >= 4 is 27.9 Å². The summed E-state index contributed by atoms with van der Waals surface area (Å²) < 4.78 is 13.2. The molecule has 0 saturated heterocycles. The van der Waals surface area contributed by atoms with Crippen LogP contribution in [0, 0.1) is 0 Å². The summed E-state index contributed by atoms with van der Waals surface area (Å²) in [5.41, 5.74) is 2.89. The lowest BCUT2D eigenvalue weighted by Crippen LogP contribution is -2.27. The Morgan fingerprint density at radius 2 is 1.81 bits per heavy atom. The first kappa shape index (κ1) is 19.5. The molecule has 0 amide bonds. The number of rotatable bonds is 3. The molecule has 6 heteroatoms. The van der Waals surface area contributed by atoms with Crippen LogP contribution in [0.5, 0.6) is 5.88 Å². The van der Waals surface area contributed by atoms with Crippen LogP contribution in [0.1, 0.15) is 40.0 Å². The molecule has 0 bridgehead atoms. The molecule has 158 valence electrons. The predicted molar refractivity (Wildman–Crippen MR) is 120 cm³/mol. The molecule has 1 fully saturated rings. The summed E-state index contributed by atoms with van der Waals surface area (Å²) in [6.45, 7) is 5.60. The lowest BCUT2D eigenvalue weighted by atomic mass is 9.96. The van der Waals surface area contributed by atoms with Crippen molar-refractivity contribution in [3.63, 3.8) is 0 Å². The predicted octanol–water partition coefficient (Wildman–Crippen LogP) is 5.97. The van der Waals surface area contributed by atoms with Crippen molar-refractivity contribution in [2.75, 3.05) is 0 Å². The average Bonchev–Trinajstić information content (AvgIpc) is 3.04. The molecule has 1 aliphatic rings. The average molecular weight is 415 g/mol. The largest absolute Gasteiger partial charge is 0.474 e. The highest BCUT2D eigenvalue weighted by Crippen LogP contribution is 2.33. The van der Waals surface area contributed by atoms with Gasteiger partial charge in [-0.15, -0.1) is 0 Å². The van der Waals surface area contributed by atoms with Crippen LogP contribution in [-0.4, -0.2) is 32.3 Å². The number of benzene rings is 1. The van der Waals surface area contributed by atoms with Gasteiger partial charge in [0, 0.05) is 41.0 Å². The lowest BCUT2D eigenvalue weighted by molar-refractivity contribution is 0.0551. The normalized spacial score (nSPS) is 14.5. The minimum atomic E-state index is -0.592. The van der Waals surface area contributed by atoms with E-state index in [4.69, 9.17) is 9.47 Å². The van der Waals surface area contributed by atoms with Gasteiger partial charge >= 0.3 is 6.09 Å². The van der Waals surface area contributed by atoms with Gasteiger partial charge in [0.05, 0.1) is 11.0 Å². The Morgan fingerprint density at radius 3 is 2.48 bits per heavy atom. The second kappa shape index (κ2) is 7.38. The van der Waals surface area contributed by atoms with Gasteiger partial charge in [-0.25, -0.2) is 14.3 Å². The highest BCUT2D eigenvalue weighted by Gasteiger charge is 2.23. The number of hydrogen-bond acceptors (Lipinski definition) is 5. The molecule has 1 aromatic carbocycles. The summed E-state index contributed by atoms with van der Waals surface area (Å²) in [6, 6.07) is 11.8. The highest BCUT2D eigenvalue weighted by molar-refractivity contribution is 6.13. The molecular formula is C25H25N3O3. The molecule has 0 aliphatic heterocycles. The maximum atomic E-state index is 13.1. The third-order valence-electron chi connectivity index (χ3n) is 5.55. The van der Waals surface area contributed by atoms with Crippen LogP contribution >= 0.6 is 0 Å².